The number of nitrogens with one attached hydrogen (secondary N) is 1. The van der Waals surface area contributed by atoms with Gasteiger partial charge in [-0.05, 0) is 26.4 Å². The highest BCUT2D eigenvalue weighted by Gasteiger charge is 2.19. The molecule has 0 spiro atoms. The van der Waals surface area contributed by atoms with Crippen LogP contribution < -0.4 is 11.3 Å². The first-order valence-corrected chi connectivity index (χ1v) is 5.01. The summed E-state index contributed by atoms with van der Waals surface area (Å²) in [5.74, 6) is 4.88. The second kappa shape index (κ2) is 5.95. The molecule has 1 heterocycles. The molecule has 3 N–H and O–H groups in total. The van der Waals surface area contributed by atoms with E-state index in [1.165, 1.54) is 0 Å². The largest absolute Gasteiger partial charge is 0.380 e. The van der Waals surface area contributed by atoms with Crippen molar-refractivity contribution in [2.75, 3.05) is 26.8 Å². The van der Waals surface area contributed by atoms with Crippen LogP contribution in [-0.4, -0.2) is 43.7 Å². The maximum atomic E-state index is 10.8. The fourth-order valence-corrected chi connectivity index (χ4v) is 1.61. The molecule has 82 valence electrons. The Hall–Kier alpha value is -0.650. The van der Waals surface area contributed by atoms with Gasteiger partial charge < -0.3 is 9.64 Å². The number of nitrogens with two attached hydrogens (primary N) is 1. The lowest BCUT2D eigenvalue weighted by molar-refractivity contribution is -0.121. The van der Waals surface area contributed by atoms with Crippen molar-refractivity contribution >= 4 is 5.91 Å². The van der Waals surface area contributed by atoms with Gasteiger partial charge in [-0.25, -0.2) is 5.84 Å². The van der Waals surface area contributed by atoms with Gasteiger partial charge in [0.05, 0.1) is 6.61 Å². The summed E-state index contributed by atoms with van der Waals surface area (Å²) in [6, 6.07) is 0.524. The van der Waals surface area contributed by atoms with Crippen molar-refractivity contribution in [1.82, 2.24) is 10.3 Å². The van der Waals surface area contributed by atoms with E-state index in [1.807, 2.05) is 0 Å². The van der Waals surface area contributed by atoms with Gasteiger partial charge in [-0.2, -0.15) is 0 Å². The van der Waals surface area contributed by atoms with E-state index in [1.54, 1.807) is 0 Å². The molecule has 0 radical (unpaired) electrons. The molecule has 1 aliphatic heterocycles. The summed E-state index contributed by atoms with van der Waals surface area (Å²) < 4.78 is 5.29. The highest BCUT2D eigenvalue weighted by atomic mass is 16.5. The summed E-state index contributed by atoms with van der Waals surface area (Å²) in [5, 5.41) is 0. The summed E-state index contributed by atoms with van der Waals surface area (Å²) in [4.78, 5) is 13.1. The maximum absolute atomic E-state index is 10.8. The van der Waals surface area contributed by atoms with Crippen LogP contribution in [0.3, 0.4) is 0 Å². The maximum Gasteiger partial charge on any atom is 0.233 e. The third kappa shape index (κ3) is 3.61. The van der Waals surface area contributed by atoms with E-state index in [-0.39, 0.29) is 5.91 Å². The number of carbonyl (C=O) groups excluding carboxylic acids is 1. The molecule has 0 saturated carbocycles. The van der Waals surface area contributed by atoms with Crippen LogP contribution in [0.25, 0.3) is 0 Å². The van der Waals surface area contributed by atoms with Gasteiger partial charge in [0.2, 0.25) is 5.91 Å². The van der Waals surface area contributed by atoms with Crippen molar-refractivity contribution in [3.8, 4) is 0 Å². The van der Waals surface area contributed by atoms with Crippen LogP contribution in [0.1, 0.15) is 19.3 Å². The number of rotatable bonds is 5. The third-order valence-corrected chi connectivity index (χ3v) is 2.60. The van der Waals surface area contributed by atoms with Crippen molar-refractivity contribution < 1.29 is 9.53 Å². The number of hydrogen-bond acceptors (Lipinski definition) is 4. The minimum absolute atomic E-state index is 0.0962. The zero-order valence-electron chi connectivity index (χ0n) is 8.66. The van der Waals surface area contributed by atoms with Gasteiger partial charge in [0.25, 0.3) is 0 Å². The number of hydrogen-bond donors (Lipinski definition) is 2. The Kier molecular flexibility index (Phi) is 4.86. The van der Waals surface area contributed by atoms with Gasteiger partial charge in [0.15, 0.2) is 0 Å². The lowest BCUT2D eigenvalue weighted by atomic mass is 10.2. The lowest BCUT2D eigenvalue weighted by Gasteiger charge is -2.22. The van der Waals surface area contributed by atoms with Crippen molar-refractivity contribution in [3.05, 3.63) is 0 Å². The number of carbonyl (C=O) groups is 1. The third-order valence-electron chi connectivity index (χ3n) is 2.60. The Morgan fingerprint density at radius 3 is 3.07 bits per heavy atom. The average Bonchev–Trinajstić information content (AvgIpc) is 2.70. The fourth-order valence-electron chi connectivity index (χ4n) is 1.61. The van der Waals surface area contributed by atoms with Gasteiger partial charge in [0.1, 0.15) is 0 Å². The van der Waals surface area contributed by atoms with Crippen molar-refractivity contribution in [3.63, 3.8) is 0 Å². The van der Waals surface area contributed by atoms with Crippen LogP contribution in [0.15, 0.2) is 0 Å². The van der Waals surface area contributed by atoms with E-state index >= 15 is 0 Å². The Morgan fingerprint density at radius 1 is 1.71 bits per heavy atom. The van der Waals surface area contributed by atoms with Crippen LogP contribution in [0.2, 0.25) is 0 Å². The molecule has 0 aromatic rings. The number of likely N-dealkylation sites (N-methyl/N-ethyl adjacent to an activating group) is 1. The van der Waals surface area contributed by atoms with Crippen molar-refractivity contribution in [1.29, 1.82) is 0 Å². The first-order valence-electron chi connectivity index (χ1n) is 5.01. The summed E-state index contributed by atoms with van der Waals surface area (Å²) in [7, 11) is 2.07. The summed E-state index contributed by atoms with van der Waals surface area (Å²) >= 11 is 0. The van der Waals surface area contributed by atoms with Crippen LogP contribution in [0.4, 0.5) is 0 Å². The van der Waals surface area contributed by atoms with E-state index < -0.39 is 0 Å². The highest BCUT2D eigenvalue weighted by Crippen LogP contribution is 2.10. The lowest BCUT2D eigenvalue weighted by Crippen LogP contribution is -2.34. The average molecular weight is 201 g/mol. The molecule has 0 aliphatic carbocycles. The number of nitrogens with zero attached hydrogens (tertiary/aromatic N) is 1. The van der Waals surface area contributed by atoms with Crippen LogP contribution in [0, 0.1) is 0 Å². The molecule has 14 heavy (non-hydrogen) atoms. The fraction of sp³-hybridized carbons (Fsp3) is 0.889. The molecule has 1 rings (SSSR count). The number of hydrazine groups is 1. The number of amides is 1. The summed E-state index contributed by atoms with van der Waals surface area (Å²) in [6.45, 7) is 2.60. The smallest absolute Gasteiger partial charge is 0.233 e. The summed E-state index contributed by atoms with van der Waals surface area (Å²) in [6.07, 6.45) is 2.43. The first-order chi connectivity index (χ1) is 6.74. The van der Waals surface area contributed by atoms with E-state index in [4.69, 9.17) is 10.6 Å². The molecule has 1 atom stereocenters. The Balaban J connectivity index is 2.08. The van der Waals surface area contributed by atoms with E-state index in [0.717, 1.165) is 32.6 Å². The second-order valence-corrected chi connectivity index (χ2v) is 3.67. The molecule has 5 nitrogen and oxygen atoms in total. The minimum atomic E-state index is -0.0962. The zero-order valence-corrected chi connectivity index (χ0v) is 8.66. The number of ether oxygens (including phenoxy) is 1. The predicted molar refractivity (Wildman–Crippen MR) is 53.4 cm³/mol. The minimum Gasteiger partial charge on any atom is -0.380 e. The molecule has 0 bridgehead atoms. The molecule has 0 aromatic carbocycles. The van der Waals surface area contributed by atoms with Crippen LogP contribution >= 0.6 is 0 Å². The molecular formula is C9H19N3O2. The molecule has 5 heteroatoms. The predicted octanol–water partition coefficient (Wildman–Crippen LogP) is -0.523. The second-order valence-electron chi connectivity index (χ2n) is 3.67. The van der Waals surface area contributed by atoms with Gasteiger partial charge >= 0.3 is 0 Å². The standard InChI is InChI=1S/C9H19N3O2/c1-12(8-4-6-14-7-8)5-2-3-9(13)11-10/h8H,2-7,10H2,1H3,(H,11,13). The van der Waals surface area contributed by atoms with Gasteiger partial charge in [0, 0.05) is 19.1 Å². The van der Waals surface area contributed by atoms with Crippen molar-refractivity contribution in [2.24, 2.45) is 5.84 Å². The quantitative estimate of drug-likeness (QED) is 0.357. The zero-order chi connectivity index (χ0) is 10.4. The van der Waals surface area contributed by atoms with Gasteiger partial charge in [-0.3, -0.25) is 10.2 Å². The van der Waals surface area contributed by atoms with E-state index in [2.05, 4.69) is 17.4 Å². The molecule has 1 fully saturated rings. The first kappa shape index (κ1) is 11.4. The molecule has 1 unspecified atom stereocenters. The van der Waals surface area contributed by atoms with E-state index in [9.17, 15) is 4.79 Å². The summed E-state index contributed by atoms with van der Waals surface area (Å²) in [5.41, 5.74) is 2.13. The highest BCUT2D eigenvalue weighted by molar-refractivity contribution is 5.75. The molecule has 1 saturated heterocycles. The Bertz CT molecular complexity index is 181. The Morgan fingerprint density at radius 2 is 2.50 bits per heavy atom. The van der Waals surface area contributed by atoms with Gasteiger partial charge in [-0.15, -0.1) is 0 Å². The molecular weight excluding hydrogens is 182 g/mol. The molecule has 1 amide bonds. The van der Waals surface area contributed by atoms with Gasteiger partial charge in [-0.1, -0.05) is 0 Å². The van der Waals surface area contributed by atoms with Crippen LogP contribution in [-0.2, 0) is 9.53 Å². The van der Waals surface area contributed by atoms with Crippen LogP contribution in [0.5, 0.6) is 0 Å². The van der Waals surface area contributed by atoms with E-state index in [0.29, 0.717) is 12.5 Å². The Labute approximate surface area is 84.5 Å². The molecule has 0 aromatic heterocycles. The monoisotopic (exact) mass is 201 g/mol. The van der Waals surface area contributed by atoms with Crippen molar-refractivity contribution in [2.45, 2.75) is 25.3 Å². The molecule has 1 aliphatic rings. The normalized spacial score (nSPS) is 21.5. The SMILES string of the molecule is CN(CCCC(=O)NN)C1CCOC1. The topological polar surface area (TPSA) is 67.6 Å².